The lowest BCUT2D eigenvalue weighted by Gasteiger charge is -2.14. The number of hydrogen-bond donors (Lipinski definition) is 1. The Labute approximate surface area is 145 Å². The van der Waals surface area contributed by atoms with Crippen molar-refractivity contribution in [3.8, 4) is 17.2 Å². The van der Waals surface area contributed by atoms with Gasteiger partial charge in [-0.2, -0.15) is 0 Å². The molecule has 0 aliphatic carbocycles. The molecule has 0 heterocycles. The second-order valence-electron chi connectivity index (χ2n) is 5.03. The van der Waals surface area contributed by atoms with Gasteiger partial charge in [-0.25, -0.2) is 4.79 Å². The molecule has 1 N–H and O–H groups in total. The highest BCUT2D eigenvalue weighted by molar-refractivity contribution is 6.32. The van der Waals surface area contributed by atoms with E-state index in [9.17, 15) is 4.79 Å². The molecule has 5 nitrogen and oxygen atoms in total. The minimum atomic E-state index is -1.08. The summed E-state index contributed by atoms with van der Waals surface area (Å²) < 4.78 is 16.6. The number of carbonyl (C=O) groups is 1. The molecule has 0 aromatic heterocycles. The van der Waals surface area contributed by atoms with Crippen LogP contribution < -0.4 is 14.2 Å². The highest BCUT2D eigenvalue weighted by Gasteiger charge is 2.15. The minimum Gasteiger partial charge on any atom is -0.490 e. The second kappa shape index (κ2) is 8.45. The van der Waals surface area contributed by atoms with Gasteiger partial charge in [-0.1, -0.05) is 29.3 Å². The molecule has 2 aromatic carbocycles. The Hall–Kier alpha value is -2.40. The summed E-state index contributed by atoms with van der Waals surface area (Å²) in [6, 6.07) is 10.4. The lowest BCUT2D eigenvalue weighted by atomic mass is 10.2. The zero-order valence-electron chi connectivity index (χ0n) is 13.5. The van der Waals surface area contributed by atoms with Crippen LogP contribution in [0.15, 0.2) is 36.4 Å². The molecule has 0 bridgehead atoms. The van der Waals surface area contributed by atoms with Crippen molar-refractivity contribution in [2.75, 3.05) is 19.8 Å². The predicted molar refractivity (Wildman–Crippen MR) is 91.7 cm³/mol. The van der Waals surface area contributed by atoms with Gasteiger partial charge < -0.3 is 19.3 Å². The van der Waals surface area contributed by atoms with Crippen LogP contribution in [0.25, 0.3) is 0 Å². The molecule has 0 radical (unpaired) electrons. The molecule has 2 aromatic rings. The van der Waals surface area contributed by atoms with E-state index in [1.54, 1.807) is 6.92 Å². The van der Waals surface area contributed by atoms with Gasteiger partial charge >= 0.3 is 5.97 Å². The SMILES string of the molecule is CCOc1cc(C(=O)O)cc(Cl)c1OCCOc1ccc(C)cc1. The Kier molecular flexibility index (Phi) is 6.32. The molecule has 0 fully saturated rings. The summed E-state index contributed by atoms with van der Waals surface area (Å²) in [6.45, 7) is 4.75. The number of carboxylic acid groups (broad SMARTS) is 1. The fourth-order valence-corrected chi connectivity index (χ4v) is 2.30. The third kappa shape index (κ3) is 4.80. The highest BCUT2D eigenvalue weighted by Crippen LogP contribution is 2.36. The zero-order valence-corrected chi connectivity index (χ0v) is 14.3. The Morgan fingerprint density at radius 3 is 2.38 bits per heavy atom. The summed E-state index contributed by atoms with van der Waals surface area (Å²) in [5.41, 5.74) is 1.21. The van der Waals surface area contributed by atoms with Crippen LogP contribution in [0.4, 0.5) is 0 Å². The van der Waals surface area contributed by atoms with Crippen LogP contribution in [0, 0.1) is 6.92 Å². The second-order valence-corrected chi connectivity index (χ2v) is 5.44. The van der Waals surface area contributed by atoms with E-state index in [2.05, 4.69) is 0 Å². The lowest BCUT2D eigenvalue weighted by molar-refractivity contribution is 0.0696. The number of halogens is 1. The van der Waals surface area contributed by atoms with Gasteiger partial charge in [0.15, 0.2) is 11.5 Å². The molecule has 128 valence electrons. The maximum atomic E-state index is 11.1. The molecule has 0 aliphatic rings. The van der Waals surface area contributed by atoms with Crippen LogP contribution in [0.5, 0.6) is 17.2 Å². The summed E-state index contributed by atoms with van der Waals surface area (Å²) >= 11 is 6.12. The molecule has 0 spiro atoms. The summed E-state index contributed by atoms with van der Waals surface area (Å²) in [6.07, 6.45) is 0. The molecule has 0 atom stereocenters. The van der Waals surface area contributed by atoms with E-state index >= 15 is 0 Å². The first kappa shape index (κ1) is 17.9. The van der Waals surface area contributed by atoms with Crippen LogP contribution in [-0.4, -0.2) is 30.9 Å². The van der Waals surface area contributed by atoms with Gasteiger partial charge in [0.25, 0.3) is 0 Å². The van der Waals surface area contributed by atoms with E-state index in [4.69, 9.17) is 30.9 Å². The van der Waals surface area contributed by atoms with E-state index in [0.29, 0.717) is 24.7 Å². The monoisotopic (exact) mass is 350 g/mol. The van der Waals surface area contributed by atoms with E-state index in [0.717, 1.165) is 11.3 Å². The Morgan fingerprint density at radius 1 is 1.08 bits per heavy atom. The van der Waals surface area contributed by atoms with Gasteiger partial charge in [0.05, 0.1) is 17.2 Å². The smallest absolute Gasteiger partial charge is 0.335 e. The van der Waals surface area contributed by atoms with Crippen molar-refractivity contribution in [3.63, 3.8) is 0 Å². The van der Waals surface area contributed by atoms with Gasteiger partial charge in [0, 0.05) is 0 Å². The molecule has 2 rings (SSSR count). The number of rotatable bonds is 8. The third-order valence-electron chi connectivity index (χ3n) is 3.18. The largest absolute Gasteiger partial charge is 0.490 e. The van der Waals surface area contributed by atoms with Gasteiger partial charge in [-0.05, 0) is 38.1 Å². The number of hydrogen-bond acceptors (Lipinski definition) is 4. The van der Waals surface area contributed by atoms with Crippen molar-refractivity contribution in [2.24, 2.45) is 0 Å². The summed E-state index contributed by atoms with van der Waals surface area (Å²) in [4.78, 5) is 11.1. The lowest BCUT2D eigenvalue weighted by Crippen LogP contribution is -2.10. The van der Waals surface area contributed by atoms with Gasteiger partial charge in [-0.15, -0.1) is 0 Å². The van der Waals surface area contributed by atoms with Crippen LogP contribution in [0.3, 0.4) is 0 Å². The molecule has 0 amide bonds. The number of aryl methyl sites for hydroxylation is 1. The van der Waals surface area contributed by atoms with Crippen LogP contribution in [-0.2, 0) is 0 Å². The maximum absolute atomic E-state index is 11.1. The summed E-state index contributed by atoms with van der Waals surface area (Å²) in [5, 5.41) is 9.27. The van der Waals surface area contributed by atoms with E-state index < -0.39 is 5.97 Å². The fraction of sp³-hybridized carbons (Fsp3) is 0.278. The van der Waals surface area contributed by atoms with Crippen molar-refractivity contribution < 1.29 is 24.1 Å². The van der Waals surface area contributed by atoms with Gasteiger partial charge in [0.2, 0.25) is 0 Å². The molecule has 0 aliphatic heterocycles. The van der Waals surface area contributed by atoms with Crippen molar-refractivity contribution >= 4 is 17.6 Å². The van der Waals surface area contributed by atoms with Crippen molar-refractivity contribution in [1.29, 1.82) is 0 Å². The third-order valence-corrected chi connectivity index (χ3v) is 3.46. The van der Waals surface area contributed by atoms with E-state index in [-0.39, 0.29) is 17.2 Å². The average Bonchev–Trinajstić information content (AvgIpc) is 2.55. The topological polar surface area (TPSA) is 65.0 Å². The predicted octanol–water partition coefficient (Wildman–Crippen LogP) is 4.20. The average molecular weight is 351 g/mol. The molecule has 24 heavy (non-hydrogen) atoms. The van der Waals surface area contributed by atoms with E-state index in [1.807, 2.05) is 31.2 Å². The summed E-state index contributed by atoms with van der Waals surface area (Å²) in [7, 11) is 0. The Bertz CT molecular complexity index is 697. The maximum Gasteiger partial charge on any atom is 0.335 e. The van der Waals surface area contributed by atoms with Gasteiger partial charge in [-0.3, -0.25) is 0 Å². The first-order chi connectivity index (χ1) is 11.5. The van der Waals surface area contributed by atoms with Crippen molar-refractivity contribution in [3.05, 3.63) is 52.5 Å². The molecule has 6 heteroatoms. The molecule has 0 saturated heterocycles. The Morgan fingerprint density at radius 2 is 1.75 bits per heavy atom. The number of carboxylic acids is 1. The first-order valence-corrected chi connectivity index (χ1v) is 7.91. The molecule has 0 unspecified atom stereocenters. The minimum absolute atomic E-state index is 0.0479. The molecular formula is C18H19ClO5. The van der Waals surface area contributed by atoms with Gasteiger partial charge in [0.1, 0.15) is 19.0 Å². The quantitative estimate of drug-likeness (QED) is 0.723. The standard InChI is InChI=1S/C18H19ClO5/c1-3-22-16-11-13(18(20)21)10-15(19)17(16)24-9-8-23-14-6-4-12(2)5-7-14/h4-7,10-11H,3,8-9H2,1-2H3,(H,20,21). The Balaban J connectivity index is 2.00. The van der Waals surface area contributed by atoms with Crippen LogP contribution >= 0.6 is 11.6 Å². The van der Waals surface area contributed by atoms with Crippen LogP contribution in [0.2, 0.25) is 5.02 Å². The molecule has 0 saturated carbocycles. The summed E-state index contributed by atoms with van der Waals surface area (Å²) in [5.74, 6) is 0.294. The van der Waals surface area contributed by atoms with Crippen molar-refractivity contribution in [2.45, 2.75) is 13.8 Å². The highest BCUT2D eigenvalue weighted by atomic mass is 35.5. The fourth-order valence-electron chi connectivity index (χ4n) is 2.03. The van der Waals surface area contributed by atoms with Crippen molar-refractivity contribution in [1.82, 2.24) is 0 Å². The molecular weight excluding hydrogens is 332 g/mol. The first-order valence-electron chi connectivity index (χ1n) is 7.53. The normalized spacial score (nSPS) is 10.3. The van der Waals surface area contributed by atoms with E-state index in [1.165, 1.54) is 12.1 Å². The number of benzene rings is 2. The number of aromatic carboxylic acids is 1. The number of ether oxygens (including phenoxy) is 3. The zero-order chi connectivity index (χ0) is 17.5. The van der Waals surface area contributed by atoms with Crippen LogP contribution in [0.1, 0.15) is 22.8 Å².